The minimum atomic E-state index is -4.97. The van der Waals surface area contributed by atoms with Gasteiger partial charge >= 0.3 is 6.18 Å². The zero-order valence-electron chi connectivity index (χ0n) is 18.5. The van der Waals surface area contributed by atoms with Crippen LogP contribution >= 0.6 is 0 Å². The number of nitrogens with one attached hydrogen (secondary N) is 1. The smallest absolute Gasteiger partial charge is 0.437 e. The number of amides is 1. The van der Waals surface area contributed by atoms with Crippen molar-refractivity contribution >= 4 is 16.9 Å². The quantitative estimate of drug-likeness (QED) is 0.366. The van der Waals surface area contributed by atoms with Gasteiger partial charge in [0.25, 0.3) is 5.91 Å². The Labute approximate surface area is 199 Å². The van der Waals surface area contributed by atoms with Gasteiger partial charge in [-0.05, 0) is 18.2 Å². The molecule has 184 valence electrons. The number of nitrogens with zero attached hydrogens (tertiary/aromatic N) is 5. The number of alkyl halides is 3. The lowest BCUT2D eigenvalue weighted by Crippen LogP contribution is -2.41. The highest BCUT2D eigenvalue weighted by Crippen LogP contribution is 2.40. The molecule has 9 nitrogen and oxygen atoms in total. The molecule has 0 radical (unpaired) electrons. The Morgan fingerprint density at radius 3 is 2.78 bits per heavy atom. The molecular formula is C23H16F4N6O3. The maximum Gasteiger partial charge on any atom is 0.437 e. The van der Waals surface area contributed by atoms with E-state index < -0.39 is 41.3 Å². The van der Waals surface area contributed by atoms with Gasteiger partial charge in [-0.2, -0.15) is 18.3 Å². The Balaban J connectivity index is 1.48. The van der Waals surface area contributed by atoms with Crippen molar-refractivity contribution in [2.75, 3.05) is 6.54 Å². The number of para-hydroxylation sites is 1. The summed E-state index contributed by atoms with van der Waals surface area (Å²) in [6.07, 6.45) is -1.74. The SMILES string of the molecule is Cn1ccc(-c2nc(C(F)(F)F)c(C(=O)N3CCc4[nH]cnc4[C@H]3c3cc4cccc(F)c4o3)o2)n1. The number of aryl methyl sites for hydroxylation is 1. The number of oxazole rings is 1. The second-order valence-electron chi connectivity index (χ2n) is 8.29. The van der Waals surface area contributed by atoms with Crippen LogP contribution in [0.4, 0.5) is 17.6 Å². The van der Waals surface area contributed by atoms with E-state index in [1.807, 2.05) is 0 Å². The fourth-order valence-electron chi connectivity index (χ4n) is 4.39. The molecule has 0 saturated heterocycles. The molecule has 1 aliphatic rings. The molecule has 0 bridgehead atoms. The minimum absolute atomic E-state index is 0.0230. The summed E-state index contributed by atoms with van der Waals surface area (Å²) in [6, 6.07) is 6.29. The molecule has 0 spiro atoms. The van der Waals surface area contributed by atoms with Crippen molar-refractivity contribution in [3.8, 4) is 11.6 Å². The van der Waals surface area contributed by atoms with E-state index in [4.69, 9.17) is 8.83 Å². The molecular weight excluding hydrogens is 484 g/mol. The van der Waals surface area contributed by atoms with Gasteiger partial charge in [-0.25, -0.2) is 14.4 Å². The molecule has 5 heterocycles. The molecule has 1 aromatic carbocycles. The van der Waals surface area contributed by atoms with Gasteiger partial charge in [0.2, 0.25) is 11.7 Å². The van der Waals surface area contributed by atoms with E-state index in [9.17, 15) is 22.4 Å². The summed E-state index contributed by atoms with van der Waals surface area (Å²) in [5.41, 5.74) is -0.384. The largest absolute Gasteiger partial charge is 0.455 e. The molecule has 1 N–H and O–H groups in total. The number of hydrogen-bond acceptors (Lipinski definition) is 6. The van der Waals surface area contributed by atoms with Crippen LogP contribution in [0.1, 0.15) is 39.4 Å². The summed E-state index contributed by atoms with van der Waals surface area (Å²) in [5, 5.41) is 4.45. The van der Waals surface area contributed by atoms with Gasteiger partial charge in [-0.1, -0.05) is 12.1 Å². The maximum atomic E-state index is 14.3. The first kappa shape index (κ1) is 22.1. The average molecular weight is 500 g/mol. The van der Waals surface area contributed by atoms with Crippen LogP contribution in [0, 0.1) is 5.82 Å². The summed E-state index contributed by atoms with van der Waals surface area (Å²) < 4.78 is 68.5. The first-order valence-corrected chi connectivity index (χ1v) is 10.8. The summed E-state index contributed by atoms with van der Waals surface area (Å²) in [7, 11) is 1.58. The van der Waals surface area contributed by atoms with E-state index in [0.717, 1.165) is 4.90 Å². The van der Waals surface area contributed by atoms with Crippen molar-refractivity contribution in [1.29, 1.82) is 0 Å². The maximum absolute atomic E-state index is 14.3. The molecule has 1 atom stereocenters. The molecule has 5 aromatic rings. The van der Waals surface area contributed by atoms with E-state index in [0.29, 0.717) is 23.2 Å². The zero-order valence-corrected chi connectivity index (χ0v) is 18.5. The number of aromatic nitrogens is 5. The summed E-state index contributed by atoms with van der Waals surface area (Å²) in [4.78, 5) is 25.6. The van der Waals surface area contributed by atoms with Crippen LogP contribution < -0.4 is 0 Å². The van der Waals surface area contributed by atoms with E-state index in [1.165, 1.54) is 41.5 Å². The Morgan fingerprint density at radius 2 is 2.06 bits per heavy atom. The van der Waals surface area contributed by atoms with Crippen molar-refractivity contribution in [3.63, 3.8) is 0 Å². The number of aromatic amines is 1. The Morgan fingerprint density at radius 1 is 1.22 bits per heavy atom. The van der Waals surface area contributed by atoms with Gasteiger partial charge in [0.05, 0.1) is 12.0 Å². The van der Waals surface area contributed by atoms with Gasteiger partial charge in [-0.3, -0.25) is 9.48 Å². The van der Waals surface area contributed by atoms with Crippen molar-refractivity contribution in [2.24, 2.45) is 7.05 Å². The number of hydrogen-bond donors (Lipinski definition) is 1. The molecule has 6 rings (SSSR count). The first-order chi connectivity index (χ1) is 17.2. The summed E-state index contributed by atoms with van der Waals surface area (Å²) >= 11 is 0. The van der Waals surface area contributed by atoms with Crippen LogP contribution in [0.25, 0.3) is 22.6 Å². The molecule has 0 saturated carbocycles. The summed E-state index contributed by atoms with van der Waals surface area (Å²) in [6.45, 7) is 0.0230. The Hall–Kier alpha value is -4.42. The van der Waals surface area contributed by atoms with Gasteiger partial charge in [-0.15, -0.1) is 0 Å². The molecule has 36 heavy (non-hydrogen) atoms. The van der Waals surface area contributed by atoms with E-state index >= 15 is 0 Å². The zero-order chi connectivity index (χ0) is 25.2. The second kappa shape index (κ2) is 7.80. The highest BCUT2D eigenvalue weighted by Gasteiger charge is 2.45. The lowest BCUT2D eigenvalue weighted by Gasteiger charge is -2.33. The standard InChI is InChI=1S/C23H16F4N6O3/c1-32-7-5-14(31-32)21-30-20(23(25,26)27)19(36-21)22(34)33-8-6-13-16(29-10-28-13)17(33)15-9-11-3-2-4-12(24)18(11)35-15/h2-5,7,9-10,17H,6,8H2,1H3,(H,28,29)/t17-/m1/s1. The van der Waals surface area contributed by atoms with Crippen LogP contribution in [0.5, 0.6) is 0 Å². The molecule has 4 aromatic heterocycles. The van der Waals surface area contributed by atoms with Crippen LogP contribution in [-0.4, -0.2) is 42.1 Å². The number of halogens is 4. The number of carbonyl (C=O) groups is 1. The van der Waals surface area contributed by atoms with Gasteiger partial charge in [0.15, 0.2) is 17.1 Å². The van der Waals surface area contributed by atoms with Gasteiger partial charge in [0, 0.05) is 37.3 Å². The number of fused-ring (bicyclic) bond motifs is 2. The number of benzene rings is 1. The second-order valence-corrected chi connectivity index (χ2v) is 8.29. The first-order valence-electron chi connectivity index (χ1n) is 10.8. The van der Waals surface area contributed by atoms with Gasteiger partial charge < -0.3 is 18.7 Å². The lowest BCUT2D eigenvalue weighted by atomic mass is 9.99. The predicted octanol–water partition coefficient (Wildman–Crippen LogP) is 4.49. The topological polar surface area (TPSA) is 106 Å². The number of carbonyl (C=O) groups excluding carboxylic acids is 1. The minimum Gasteiger partial charge on any atom is -0.455 e. The molecule has 1 amide bonds. The van der Waals surface area contributed by atoms with Crippen LogP contribution in [0.3, 0.4) is 0 Å². The highest BCUT2D eigenvalue weighted by molar-refractivity contribution is 5.94. The predicted molar refractivity (Wildman–Crippen MR) is 115 cm³/mol. The molecule has 0 unspecified atom stereocenters. The lowest BCUT2D eigenvalue weighted by molar-refractivity contribution is -0.141. The molecule has 0 fully saturated rings. The molecule has 13 heteroatoms. The Bertz CT molecular complexity index is 1610. The van der Waals surface area contributed by atoms with Crippen molar-refractivity contribution in [2.45, 2.75) is 18.6 Å². The van der Waals surface area contributed by atoms with E-state index in [2.05, 4.69) is 20.1 Å². The summed E-state index contributed by atoms with van der Waals surface area (Å²) in [5.74, 6) is -2.93. The fourth-order valence-corrected chi connectivity index (χ4v) is 4.39. The van der Waals surface area contributed by atoms with Crippen LogP contribution in [-0.2, 0) is 19.6 Å². The fraction of sp³-hybridized carbons (Fsp3) is 0.217. The monoisotopic (exact) mass is 500 g/mol. The molecule has 0 aliphatic carbocycles. The highest BCUT2D eigenvalue weighted by atomic mass is 19.4. The number of imidazole rings is 1. The molecule has 1 aliphatic heterocycles. The van der Waals surface area contributed by atoms with Crippen LogP contribution in [0.2, 0.25) is 0 Å². The third-order valence-electron chi connectivity index (χ3n) is 5.99. The van der Waals surface area contributed by atoms with Crippen molar-refractivity contribution < 1.29 is 31.2 Å². The Kier molecular flexibility index (Phi) is 4.78. The van der Waals surface area contributed by atoms with Crippen molar-refractivity contribution in [1.82, 2.24) is 29.6 Å². The third kappa shape index (κ3) is 3.46. The number of H-pyrrole nitrogens is 1. The average Bonchev–Trinajstić information content (AvgIpc) is 3.62. The van der Waals surface area contributed by atoms with Crippen LogP contribution in [0.15, 0.2) is 51.7 Å². The van der Waals surface area contributed by atoms with Crippen molar-refractivity contribution in [3.05, 3.63) is 77.3 Å². The number of rotatable bonds is 3. The number of furan rings is 1. The van der Waals surface area contributed by atoms with Gasteiger partial charge in [0.1, 0.15) is 17.5 Å². The normalized spacial score (nSPS) is 16.0. The third-order valence-corrected chi connectivity index (χ3v) is 5.99. The van der Waals surface area contributed by atoms with E-state index in [-0.39, 0.29) is 23.6 Å². The van der Waals surface area contributed by atoms with E-state index in [1.54, 1.807) is 13.1 Å².